The van der Waals surface area contributed by atoms with E-state index in [9.17, 15) is 22.4 Å². The molecule has 1 aliphatic rings. The van der Waals surface area contributed by atoms with E-state index in [1.165, 1.54) is 53.1 Å². The highest BCUT2D eigenvalue weighted by Gasteiger charge is 2.28. The molecule has 2 N–H and O–H groups in total. The standard InChI is InChI=1S/C16H17FN4O4S2/c17-11-1-3-12(4-2-11)21-10-18-7-14(21)16(23)20-19-15(22)8-26-13-5-6-27(24,25)9-13/h1-4,7,10,13H,5-6,8-9H2,(H,19,22)(H,20,23)/t13-/m0/s1. The lowest BCUT2D eigenvalue weighted by Crippen LogP contribution is -2.43. The molecule has 0 saturated carbocycles. The minimum atomic E-state index is -2.99. The van der Waals surface area contributed by atoms with Crippen LogP contribution < -0.4 is 10.9 Å². The van der Waals surface area contributed by atoms with Crippen molar-refractivity contribution in [3.63, 3.8) is 0 Å². The molecule has 0 unspecified atom stereocenters. The molecule has 1 aromatic heterocycles. The predicted molar refractivity (Wildman–Crippen MR) is 98.6 cm³/mol. The van der Waals surface area contributed by atoms with Crippen molar-refractivity contribution < 1.29 is 22.4 Å². The fourth-order valence-corrected chi connectivity index (χ4v) is 6.03. The number of halogens is 1. The van der Waals surface area contributed by atoms with Crippen molar-refractivity contribution in [2.75, 3.05) is 17.3 Å². The van der Waals surface area contributed by atoms with Gasteiger partial charge in [0.25, 0.3) is 5.91 Å². The second-order valence-corrected chi connectivity index (χ2v) is 9.48. The average Bonchev–Trinajstić information content (AvgIpc) is 3.25. The summed E-state index contributed by atoms with van der Waals surface area (Å²) >= 11 is 1.25. The molecule has 8 nitrogen and oxygen atoms in total. The molecule has 144 valence electrons. The van der Waals surface area contributed by atoms with Crippen molar-refractivity contribution in [2.24, 2.45) is 0 Å². The third kappa shape index (κ3) is 5.07. The monoisotopic (exact) mass is 412 g/mol. The van der Waals surface area contributed by atoms with Gasteiger partial charge in [-0.1, -0.05) is 0 Å². The number of thioether (sulfide) groups is 1. The number of benzene rings is 1. The molecule has 1 fully saturated rings. The number of rotatable bonds is 5. The van der Waals surface area contributed by atoms with E-state index in [1.807, 2.05) is 0 Å². The Hall–Kier alpha value is -2.40. The lowest BCUT2D eigenvalue weighted by molar-refractivity contribution is -0.119. The Kier molecular flexibility index (Phi) is 5.80. The number of hydrogen-bond donors (Lipinski definition) is 2. The van der Waals surface area contributed by atoms with Crippen LogP contribution in [-0.4, -0.2) is 52.3 Å². The molecule has 2 aromatic rings. The number of nitrogens with one attached hydrogen (secondary N) is 2. The molecule has 2 heterocycles. The SMILES string of the molecule is O=C(CS[C@H]1CCS(=O)(=O)C1)NNC(=O)c1cncn1-c1ccc(F)cc1. The van der Waals surface area contributed by atoms with Crippen LogP contribution in [0.25, 0.3) is 5.69 Å². The minimum Gasteiger partial charge on any atom is -0.295 e. The molecule has 1 saturated heterocycles. The number of nitrogens with zero attached hydrogens (tertiary/aromatic N) is 2. The van der Waals surface area contributed by atoms with E-state index in [-0.39, 0.29) is 28.2 Å². The highest BCUT2D eigenvalue weighted by atomic mass is 32.2. The zero-order valence-corrected chi connectivity index (χ0v) is 15.7. The summed E-state index contributed by atoms with van der Waals surface area (Å²) in [6.45, 7) is 0. The van der Waals surface area contributed by atoms with Crippen LogP contribution in [0, 0.1) is 5.82 Å². The van der Waals surface area contributed by atoms with Gasteiger partial charge in [-0.15, -0.1) is 11.8 Å². The van der Waals surface area contributed by atoms with E-state index in [0.29, 0.717) is 12.1 Å². The Morgan fingerprint density at radius 2 is 2.00 bits per heavy atom. The topological polar surface area (TPSA) is 110 Å². The van der Waals surface area contributed by atoms with Crippen LogP contribution in [0.5, 0.6) is 0 Å². The average molecular weight is 412 g/mol. The van der Waals surface area contributed by atoms with Crippen molar-refractivity contribution in [1.29, 1.82) is 0 Å². The molecule has 2 amide bonds. The van der Waals surface area contributed by atoms with Crippen LogP contribution in [0.1, 0.15) is 16.9 Å². The third-order valence-electron chi connectivity index (χ3n) is 3.93. The predicted octanol–water partition coefficient (Wildman–Crippen LogP) is 0.693. The van der Waals surface area contributed by atoms with Gasteiger partial charge < -0.3 is 0 Å². The van der Waals surface area contributed by atoms with Crippen LogP contribution in [0.4, 0.5) is 4.39 Å². The molecule has 0 bridgehead atoms. The van der Waals surface area contributed by atoms with E-state index >= 15 is 0 Å². The molecule has 0 aliphatic carbocycles. The van der Waals surface area contributed by atoms with E-state index in [0.717, 1.165) is 0 Å². The smallest absolute Gasteiger partial charge is 0.288 e. The number of carbonyl (C=O) groups is 2. The second-order valence-electron chi connectivity index (χ2n) is 5.96. The normalized spacial score (nSPS) is 18.2. The van der Waals surface area contributed by atoms with Gasteiger partial charge >= 0.3 is 0 Å². The molecule has 3 rings (SSSR count). The molecule has 1 aromatic carbocycles. The number of hydrogen-bond acceptors (Lipinski definition) is 6. The van der Waals surface area contributed by atoms with Crippen molar-refractivity contribution in [3.8, 4) is 5.69 Å². The number of sulfone groups is 1. The second kappa shape index (κ2) is 8.09. The van der Waals surface area contributed by atoms with E-state index in [1.54, 1.807) is 0 Å². The third-order valence-corrected chi connectivity index (χ3v) is 7.21. The summed E-state index contributed by atoms with van der Waals surface area (Å²) in [5.74, 6) is -1.16. The first-order valence-corrected chi connectivity index (χ1v) is 10.9. The quantitative estimate of drug-likeness (QED) is 0.700. The largest absolute Gasteiger partial charge is 0.295 e. The van der Waals surface area contributed by atoms with Gasteiger partial charge in [0.1, 0.15) is 11.5 Å². The van der Waals surface area contributed by atoms with Gasteiger partial charge in [-0.05, 0) is 30.7 Å². The fraction of sp³-hybridized carbons (Fsp3) is 0.312. The van der Waals surface area contributed by atoms with E-state index in [2.05, 4.69) is 15.8 Å². The molecule has 1 aliphatic heterocycles. The minimum absolute atomic E-state index is 0.0394. The van der Waals surface area contributed by atoms with Crippen LogP contribution in [0.3, 0.4) is 0 Å². The molecule has 27 heavy (non-hydrogen) atoms. The first kappa shape index (κ1) is 19.4. The molecule has 0 radical (unpaired) electrons. The zero-order valence-electron chi connectivity index (χ0n) is 14.1. The fourth-order valence-electron chi connectivity index (χ4n) is 2.58. The number of imidazole rings is 1. The molecule has 11 heteroatoms. The van der Waals surface area contributed by atoms with Gasteiger partial charge in [0.2, 0.25) is 5.91 Å². The van der Waals surface area contributed by atoms with Crippen molar-refractivity contribution >= 4 is 33.4 Å². The lowest BCUT2D eigenvalue weighted by Gasteiger charge is -2.11. The summed E-state index contributed by atoms with van der Waals surface area (Å²) in [7, 11) is -2.99. The first-order valence-electron chi connectivity index (χ1n) is 8.03. The van der Waals surface area contributed by atoms with Gasteiger partial charge in [0, 0.05) is 10.9 Å². The number of aromatic nitrogens is 2. The molecular formula is C16H17FN4O4S2. The summed E-state index contributed by atoms with van der Waals surface area (Å²) in [5, 5.41) is -0.101. The Bertz CT molecular complexity index is 944. The van der Waals surface area contributed by atoms with Gasteiger partial charge in [-0.3, -0.25) is 25.0 Å². The van der Waals surface area contributed by atoms with E-state index in [4.69, 9.17) is 0 Å². The Morgan fingerprint density at radius 3 is 2.67 bits per heavy atom. The Balaban J connectivity index is 1.52. The Morgan fingerprint density at radius 1 is 1.26 bits per heavy atom. The van der Waals surface area contributed by atoms with Crippen LogP contribution in [0.15, 0.2) is 36.8 Å². The van der Waals surface area contributed by atoms with Crippen LogP contribution >= 0.6 is 11.8 Å². The summed E-state index contributed by atoms with van der Waals surface area (Å²) in [5.41, 5.74) is 5.29. The maximum absolute atomic E-state index is 13.0. The molecular weight excluding hydrogens is 395 g/mol. The van der Waals surface area contributed by atoms with Crippen molar-refractivity contribution in [2.45, 2.75) is 11.7 Å². The summed E-state index contributed by atoms with van der Waals surface area (Å²) in [6, 6.07) is 5.52. The van der Waals surface area contributed by atoms with Gasteiger partial charge in [0.15, 0.2) is 9.84 Å². The van der Waals surface area contributed by atoms with Gasteiger partial charge in [0.05, 0.1) is 29.8 Å². The summed E-state index contributed by atoms with van der Waals surface area (Å²) in [6.07, 6.45) is 3.26. The van der Waals surface area contributed by atoms with Crippen molar-refractivity contribution in [1.82, 2.24) is 20.4 Å². The number of hydrazine groups is 1. The Labute approximate surface area is 159 Å². The van der Waals surface area contributed by atoms with Crippen LogP contribution in [-0.2, 0) is 14.6 Å². The maximum atomic E-state index is 13.0. The van der Waals surface area contributed by atoms with Crippen LogP contribution in [0.2, 0.25) is 0 Å². The summed E-state index contributed by atoms with van der Waals surface area (Å²) < 4.78 is 37.3. The highest BCUT2D eigenvalue weighted by Crippen LogP contribution is 2.23. The molecule has 1 atom stereocenters. The van der Waals surface area contributed by atoms with Gasteiger partial charge in [-0.2, -0.15) is 0 Å². The van der Waals surface area contributed by atoms with E-state index < -0.39 is 27.5 Å². The van der Waals surface area contributed by atoms with Gasteiger partial charge in [-0.25, -0.2) is 17.8 Å². The lowest BCUT2D eigenvalue weighted by atomic mass is 10.3. The first-order chi connectivity index (χ1) is 12.8. The zero-order chi connectivity index (χ0) is 19.4. The maximum Gasteiger partial charge on any atom is 0.288 e. The summed E-state index contributed by atoms with van der Waals surface area (Å²) in [4.78, 5) is 28.0. The number of carbonyl (C=O) groups excluding carboxylic acids is 2. The number of amides is 2. The molecule has 0 spiro atoms. The highest BCUT2D eigenvalue weighted by molar-refractivity contribution is 8.02. The van der Waals surface area contributed by atoms with Crippen molar-refractivity contribution in [3.05, 3.63) is 48.3 Å².